The van der Waals surface area contributed by atoms with Crippen LogP contribution < -0.4 is 10.6 Å². The predicted molar refractivity (Wildman–Crippen MR) is 106 cm³/mol. The second kappa shape index (κ2) is 7.19. The molecule has 8 nitrogen and oxygen atoms in total. The number of primary amides is 1. The number of rotatable bonds is 4. The van der Waals surface area contributed by atoms with E-state index >= 15 is 0 Å². The minimum absolute atomic E-state index is 0.0438. The zero-order chi connectivity index (χ0) is 20.7. The highest BCUT2D eigenvalue weighted by molar-refractivity contribution is 6.34. The number of halogens is 3. The molecular formula is C18H11Cl2FN6O2. The normalized spacial score (nSPS) is 11.0. The average Bonchev–Trinajstić information content (AvgIpc) is 3.30. The molecule has 2 aromatic carbocycles. The van der Waals surface area contributed by atoms with Crippen LogP contribution in [0.3, 0.4) is 0 Å². The fraction of sp³-hybridized carbons (Fsp3) is 0. The number of nitrogens with zero attached hydrogens (tertiary/aromatic N) is 3. The third-order valence-electron chi connectivity index (χ3n) is 4.10. The molecule has 11 heteroatoms. The van der Waals surface area contributed by atoms with E-state index in [-0.39, 0.29) is 28.0 Å². The maximum atomic E-state index is 14.7. The molecule has 146 valence electrons. The smallest absolute Gasteiger partial charge is 0.286 e. The summed E-state index contributed by atoms with van der Waals surface area (Å²) in [4.78, 5) is 39.4. The van der Waals surface area contributed by atoms with Gasteiger partial charge in [0.25, 0.3) is 11.8 Å². The fourth-order valence-electron chi connectivity index (χ4n) is 2.83. The van der Waals surface area contributed by atoms with Gasteiger partial charge < -0.3 is 15.7 Å². The highest BCUT2D eigenvalue weighted by Crippen LogP contribution is 2.35. The van der Waals surface area contributed by atoms with E-state index < -0.39 is 17.6 Å². The van der Waals surface area contributed by atoms with E-state index in [1.54, 1.807) is 18.2 Å². The summed E-state index contributed by atoms with van der Waals surface area (Å²) in [5.41, 5.74) is 5.48. The largest absolute Gasteiger partial charge is 0.364 e. The van der Waals surface area contributed by atoms with Crippen LogP contribution in [-0.4, -0.2) is 31.8 Å². The highest BCUT2D eigenvalue weighted by atomic mass is 35.5. The molecule has 0 aliphatic carbocycles. The van der Waals surface area contributed by atoms with Gasteiger partial charge in [0, 0.05) is 5.02 Å². The van der Waals surface area contributed by atoms with Gasteiger partial charge in [-0.25, -0.2) is 19.3 Å². The van der Waals surface area contributed by atoms with Crippen molar-refractivity contribution in [1.82, 2.24) is 19.9 Å². The van der Waals surface area contributed by atoms with Crippen molar-refractivity contribution in [3.8, 4) is 0 Å². The molecule has 0 saturated heterocycles. The zero-order valence-corrected chi connectivity index (χ0v) is 15.9. The van der Waals surface area contributed by atoms with E-state index in [0.29, 0.717) is 16.1 Å². The molecule has 0 saturated carbocycles. The number of fused-ring (bicyclic) bond motifs is 1. The first-order valence-electron chi connectivity index (χ1n) is 8.13. The first-order valence-corrected chi connectivity index (χ1v) is 8.89. The molecule has 0 spiro atoms. The van der Waals surface area contributed by atoms with E-state index in [1.165, 1.54) is 12.1 Å². The van der Waals surface area contributed by atoms with Crippen molar-refractivity contribution in [1.29, 1.82) is 0 Å². The predicted octanol–water partition coefficient (Wildman–Crippen LogP) is 3.81. The standard InChI is InChI=1S/C18H11Cl2FN6O2/c19-8-4-5-11-12(6-8)26-18(25-11)27(15-9(20)2-1-3-10(15)21)17(29)14-13(16(22)28)23-7-24-14/h1-7H,(H2,22,28)(H,23,24)(H,25,26). The van der Waals surface area contributed by atoms with Gasteiger partial charge in [-0.3, -0.25) is 9.59 Å². The molecule has 0 bridgehead atoms. The van der Waals surface area contributed by atoms with Gasteiger partial charge in [-0.1, -0.05) is 29.3 Å². The quantitative estimate of drug-likeness (QED) is 0.453. The van der Waals surface area contributed by atoms with Gasteiger partial charge in [0.05, 0.1) is 22.4 Å². The molecule has 0 unspecified atom stereocenters. The number of anilines is 2. The topological polar surface area (TPSA) is 121 Å². The van der Waals surface area contributed by atoms with Crippen LogP contribution in [0.1, 0.15) is 21.0 Å². The van der Waals surface area contributed by atoms with E-state index in [9.17, 15) is 14.0 Å². The Morgan fingerprint density at radius 2 is 1.97 bits per heavy atom. The summed E-state index contributed by atoms with van der Waals surface area (Å²) in [6, 6.07) is 8.80. The van der Waals surface area contributed by atoms with Gasteiger partial charge in [-0.05, 0) is 30.3 Å². The lowest BCUT2D eigenvalue weighted by Gasteiger charge is -2.21. The lowest BCUT2D eigenvalue weighted by molar-refractivity contribution is 0.0961. The third kappa shape index (κ3) is 3.30. The van der Waals surface area contributed by atoms with Crippen molar-refractivity contribution >= 4 is 57.7 Å². The average molecular weight is 433 g/mol. The van der Waals surface area contributed by atoms with Crippen LogP contribution in [0.4, 0.5) is 16.0 Å². The van der Waals surface area contributed by atoms with Crippen molar-refractivity contribution in [3.05, 3.63) is 70.0 Å². The third-order valence-corrected chi connectivity index (χ3v) is 4.64. The van der Waals surface area contributed by atoms with Crippen molar-refractivity contribution in [2.24, 2.45) is 5.73 Å². The molecular weight excluding hydrogens is 422 g/mol. The lowest BCUT2D eigenvalue weighted by atomic mass is 10.2. The number of hydrogen-bond donors (Lipinski definition) is 3. The number of imidazole rings is 2. The van der Waals surface area contributed by atoms with E-state index in [2.05, 4.69) is 19.9 Å². The Bertz CT molecular complexity index is 1250. The number of aromatic amines is 2. The molecule has 0 aliphatic heterocycles. The summed E-state index contributed by atoms with van der Waals surface area (Å²) < 4.78 is 14.7. The number of benzene rings is 2. The summed E-state index contributed by atoms with van der Waals surface area (Å²) in [5, 5.41) is 0.394. The van der Waals surface area contributed by atoms with Crippen LogP contribution >= 0.6 is 23.2 Å². The first kappa shape index (κ1) is 18.9. The highest BCUT2D eigenvalue weighted by Gasteiger charge is 2.31. The van der Waals surface area contributed by atoms with Crippen LogP contribution in [-0.2, 0) is 0 Å². The molecule has 0 aliphatic rings. The van der Waals surface area contributed by atoms with Gasteiger partial charge in [0.2, 0.25) is 5.95 Å². The Labute approximate surface area is 172 Å². The summed E-state index contributed by atoms with van der Waals surface area (Å²) in [7, 11) is 0. The van der Waals surface area contributed by atoms with Gasteiger partial charge in [-0.15, -0.1) is 0 Å². The number of carbonyl (C=O) groups excluding carboxylic acids is 2. The fourth-order valence-corrected chi connectivity index (χ4v) is 3.25. The van der Waals surface area contributed by atoms with Crippen molar-refractivity contribution < 1.29 is 14.0 Å². The Hall–Kier alpha value is -3.43. The molecule has 4 N–H and O–H groups in total. The second-order valence-corrected chi connectivity index (χ2v) is 6.77. The van der Waals surface area contributed by atoms with Crippen molar-refractivity contribution in [2.45, 2.75) is 0 Å². The number of nitrogens with two attached hydrogens (primary N) is 1. The Morgan fingerprint density at radius 3 is 2.69 bits per heavy atom. The Morgan fingerprint density at radius 1 is 1.17 bits per heavy atom. The number of hydrogen-bond acceptors (Lipinski definition) is 4. The zero-order valence-electron chi connectivity index (χ0n) is 14.4. The van der Waals surface area contributed by atoms with Gasteiger partial charge in [0.1, 0.15) is 17.2 Å². The minimum Gasteiger partial charge on any atom is -0.364 e. The number of H-pyrrole nitrogens is 2. The molecule has 2 amide bonds. The summed E-state index contributed by atoms with van der Waals surface area (Å²) in [5.74, 6) is -2.59. The Balaban J connectivity index is 1.95. The first-order chi connectivity index (χ1) is 13.9. The van der Waals surface area contributed by atoms with Crippen LogP contribution in [0.2, 0.25) is 10.0 Å². The van der Waals surface area contributed by atoms with E-state index in [1.807, 2.05) is 0 Å². The Kier molecular flexibility index (Phi) is 4.69. The van der Waals surface area contributed by atoms with Crippen LogP contribution in [0.15, 0.2) is 42.7 Å². The van der Waals surface area contributed by atoms with E-state index in [4.69, 9.17) is 28.9 Å². The van der Waals surface area contributed by atoms with Crippen molar-refractivity contribution in [3.63, 3.8) is 0 Å². The van der Waals surface area contributed by atoms with Crippen LogP contribution in [0.5, 0.6) is 0 Å². The second-order valence-electron chi connectivity index (χ2n) is 5.92. The monoisotopic (exact) mass is 432 g/mol. The summed E-state index contributed by atoms with van der Waals surface area (Å²) in [6.07, 6.45) is 1.13. The number of para-hydroxylation sites is 1. The van der Waals surface area contributed by atoms with Crippen LogP contribution in [0.25, 0.3) is 11.0 Å². The molecule has 2 heterocycles. The molecule has 0 radical (unpaired) electrons. The number of amides is 2. The number of nitrogens with one attached hydrogen (secondary N) is 2. The van der Waals surface area contributed by atoms with Crippen LogP contribution in [0, 0.1) is 5.82 Å². The van der Waals surface area contributed by atoms with Gasteiger partial charge in [-0.2, -0.15) is 0 Å². The van der Waals surface area contributed by atoms with Gasteiger partial charge >= 0.3 is 0 Å². The molecule has 0 fully saturated rings. The lowest BCUT2D eigenvalue weighted by Crippen LogP contribution is -2.30. The maximum absolute atomic E-state index is 14.7. The number of carbonyl (C=O) groups is 2. The molecule has 4 aromatic rings. The SMILES string of the molecule is NC(=O)c1[nH]cnc1C(=O)N(c1nc2ccc(Cl)cc2[nH]1)c1c(F)cccc1Cl. The molecule has 0 atom stereocenters. The molecule has 29 heavy (non-hydrogen) atoms. The van der Waals surface area contributed by atoms with Gasteiger partial charge in [0.15, 0.2) is 5.69 Å². The summed E-state index contributed by atoms with van der Waals surface area (Å²) in [6.45, 7) is 0. The summed E-state index contributed by atoms with van der Waals surface area (Å²) >= 11 is 12.2. The molecule has 2 aromatic heterocycles. The molecule has 4 rings (SSSR count). The maximum Gasteiger partial charge on any atom is 0.286 e. The van der Waals surface area contributed by atoms with E-state index in [0.717, 1.165) is 17.3 Å². The van der Waals surface area contributed by atoms with Crippen molar-refractivity contribution in [2.75, 3.05) is 4.90 Å². The number of aromatic nitrogens is 4. The minimum atomic E-state index is -0.901.